The van der Waals surface area contributed by atoms with Crippen molar-refractivity contribution < 1.29 is 13.6 Å². The molecule has 144 valence electrons. The number of carbonyl (C=O) groups is 1. The monoisotopic (exact) mass is 386 g/mol. The molecule has 0 saturated heterocycles. The smallest absolute Gasteiger partial charge is 0.257 e. The van der Waals surface area contributed by atoms with E-state index in [2.05, 4.69) is 10.4 Å². The van der Waals surface area contributed by atoms with Crippen LogP contribution in [0.1, 0.15) is 31.1 Å². The lowest BCUT2D eigenvalue weighted by Crippen LogP contribution is -2.33. The van der Waals surface area contributed by atoms with Crippen molar-refractivity contribution in [1.29, 1.82) is 0 Å². The number of hydrogen-bond donors (Lipinski definition) is 1. The highest BCUT2D eigenvalue weighted by molar-refractivity contribution is 5.99. The summed E-state index contributed by atoms with van der Waals surface area (Å²) in [5.41, 5.74) is 0.232. The molecule has 0 radical (unpaired) electrons. The van der Waals surface area contributed by atoms with Crippen molar-refractivity contribution in [2.45, 2.75) is 26.3 Å². The van der Waals surface area contributed by atoms with Gasteiger partial charge in [-0.05, 0) is 40.0 Å². The molecule has 0 fully saturated rings. The van der Waals surface area contributed by atoms with Crippen LogP contribution in [-0.4, -0.2) is 47.8 Å². The molecule has 1 N–H and O–H groups in total. The number of hydrogen-bond acceptors (Lipinski definition) is 3. The van der Waals surface area contributed by atoms with Crippen LogP contribution >= 0.6 is 12.4 Å². The fourth-order valence-electron chi connectivity index (χ4n) is 2.34. The third-order valence-electron chi connectivity index (χ3n) is 3.86. The lowest BCUT2D eigenvalue weighted by Gasteiger charge is -2.19. The summed E-state index contributed by atoms with van der Waals surface area (Å²) >= 11 is 0. The van der Waals surface area contributed by atoms with E-state index in [-0.39, 0.29) is 35.1 Å². The molecule has 0 spiro atoms. The predicted molar refractivity (Wildman–Crippen MR) is 101 cm³/mol. The molecule has 0 atom stereocenters. The number of rotatable bonds is 5. The van der Waals surface area contributed by atoms with Gasteiger partial charge in [-0.1, -0.05) is 0 Å². The van der Waals surface area contributed by atoms with Crippen LogP contribution < -0.4 is 5.32 Å². The van der Waals surface area contributed by atoms with Crippen molar-refractivity contribution in [2.75, 3.05) is 27.2 Å². The van der Waals surface area contributed by atoms with E-state index in [1.54, 1.807) is 29.9 Å². The highest BCUT2D eigenvalue weighted by atomic mass is 35.5. The number of nitrogens with one attached hydrogen (secondary N) is 1. The van der Waals surface area contributed by atoms with Gasteiger partial charge in [0.1, 0.15) is 17.3 Å². The van der Waals surface area contributed by atoms with Gasteiger partial charge in [0.25, 0.3) is 5.91 Å². The summed E-state index contributed by atoms with van der Waals surface area (Å²) in [6.07, 6.45) is 1.62. The lowest BCUT2D eigenvalue weighted by molar-refractivity contribution is 0.0797. The predicted octanol–water partition coefficient (Wildman–Crippen LogP) is 3.30. The Morgan fingerprint density at radius 2 is 1.96 bits per heavy atom. The van der Waals surface area contributed by atoms with E-state index in [4.69, 9.17) is 0 Å². The second kappa shape index (κ2) is 8.60. The number of amides is 1. The molecule has 8 heteroatoms. The Balaban J connectivity index is 0.00000338. The third kappa shape index (κ3) is 4.80. The summed E-state index contributed by atoms with van der Waals surface area (Å²) < 4.78 is 29.1. The molecular formula is C18H25ClF2N4O. The Morgan fingerprint density at radius 3 is 2.50 bits per heavy atom. The minimum atomic E-state index is -0.744. The average Bonchev–Trinajstić information content (AvgIpc) is 2.97. The topological polar surface area (TPSA) is 50.2 Å². The molecule has 5 nitrogen and oxygen atoms in total. The number of carbonyl (C=O) groups excluding carboxylic acids is 1. The Labute approximate surface area is 158 Å². The fraction of sp³-hybridized carbons (Fsp3) is 0.444. The van der Waals surface area contributed by atoms with E-state index in [0.717, 1.165) is 12.1 Å². The van der Waals surface area contributed by atoms with Crippen molar-refractivity contribution in [1.82, 2.24) is 20.0 Å². The SMILES string of the molecule is CNCCN(C)C(=O)c1cn(C(C)(C)C)nc1-c1ccc(F)cc1F.Cl. The molecule has 1 amide bonds. The summed E-state index contributed by atoms with van der Waals surface area (Å²) in [5, 5.41) is 7.40. The van der Waals surface area contributed by atoms with Crippen LogP contribution in [0.4, 0.5) is 8.78 Å². The zero-order valence-corrected chi connectivity index (χ0v) is 16.5. The molecule has 26 heavy (non-hydrogen) atoms. The fourth-order valence-corrected chi connectivity index (χ4v) is 2.34. The van der Waals surface area contributed by atoms with Crippen LogP contribution in [-0.2, 0) is 5.54 Å². The van der Waals surface area contributed by atoms with Gasteiger partial charge in [0.15, 0.2) is 0 Å². The van der Waals surface area contributed by atoms with Crippen molar-refractivity contribution in [3.8, 4) is 11.3 Å². The van der Waals surface area contributed by atoms with Gasteiger partial charge in [-0.15, -0.1) is 12.4 Å². The van der Waals surface area contributed by atoms with Gasteiger partial charge < -0.3 is 10.2 Å². The van der Waals surface area contributed by atoms with E-state index in [1.807, 2.05) is 20.8 Å². The minimum Gasteiger partial charge on any atom is -0.340 e. The van der Waals surface area contributed by atoms with Crippen LogP contribution in [0.5, 0.6) is 0 Å². The van der Waals surface area contributed by atoms with Gasteiger partial charge in [0, 0.05) is 38.0 Å². The van der Waals surface area contributed by atoms with Crippen molar-refractivity contribution >= 4 is 18.3 Å². The number of nitrogens with zero attached hydrogens (tertiary/aromatic N) is 3. The van der Waals surface area contributed by atoms with Crippen LogP contribution in [0.3, 0.4) is 0 Å². The molecule has 0 bridgehead atoms. The maximum Gasteiger partial charge on any atom is 0.257 e. The highest BCUT2D eigenvalue weighted by Gasteiger charge is 2.26. The molecule has 0 aliphatic heterocycles. The average molecular weight is 387 g/mol. The molecule has 0 aliphatic rings. The van der Waals surface area contributed by atoms with Crippen molar-refractivity contribution in [3.05, 3.63) is 41.6 Å². The van der Waals surface area contributed by atoms with Crippen LogP contribution in [0.2, 0.25) is 0 Å². The molecule has 1 heterocycles. The summed E-state index contributed by atoms with van der Waals surface area (Å²) in [7, 11) is 3.48. The van der Waals surface area contributed by atoms with E-state index in [0.29, 0.717) is 18.7 Å². The molecule has 0 aliphatic carbocycles. The standard InChI is InChI=1S/C18H24F2N4O.ClH/c1-18(2,3)24-11-14(17(25)23(5)9-8-21-4)16(22-24)13-7-6-12(19)10-15(13)20;/h6-7,10-11,21H,8-9H2,1-5H3;1H. The summed E-state index contributed by atoms with van der Waals surface area (Å²) in [5.74, 6) is -1.67. The maximum atomic E-state index is 14.3. The number of benzene rings is 1. The second-order valence-electron chi connectivity index (χ2n) is 6.96. The molecule has 0 unspecified atom stereocenters. The Hall–Kier alpha value is -1.99. The zero-order valence-electron chi connectivity index (χ0n) is 15.6. The largest absolute Gasteiger partial charge is 0.340 e. The lowest BCUT2D eigenvalue weighted by atomic mass is 10.1. The molecule has 1 aromatic carbocycles. The first-order valence-corrected chi connectivity index (χ1v) is 8.10. The molecule has 2 rings (SSSR count). The minimum absolute atomic E-state index is 0. The van der Waals surface area contributed by atoms with Crippen LogP contribution in [0.25, 0.3) is 11.3 Å². The third-order valence-corrected chi connectivity index (χ3v) is 3.86. The van der Waals surface area contributed by atoms with E-state index in [9.17, 15) is 13.6 Å². The van der Waals surface area contributed by atoms with Gasteiger partial charge in [0.05, 0.1) is 11.1 Å². The maximum absolute atomic E-state index is 14.3. The molecule has 1 aromatic heterocycles. The molecule has 0 saturated carbocycles. The summed E-state index contributed by atoms with van der Waals surface area (Å²) in [6, 6.07) is 3.27. The molecule has 2 aromatic rings. The zero-order chi connectivity index (χ0) is 18.8. The normalized spacial score (nSPS) is 11.2. The number of likely N-dealkylation sites (N-methyl/N-ethyl adjacent to an activating group) is 2. The summed E-state index contributed by atoms with van der Waals surface area (Å²) in [6.45, 7) is 6.94. The first kappa shape index (κ1) is 22.1. The quantitative estimate of drug-likeness (QED) is 0.857. The Bertz CT molecular complexity index is 771. The van der Waals surface area contributed by atoms with Crippen LogP contribution in [0.15, 0.2) is 24.4 Å². The Morgan fingerprint density at radius 1 is 1.31 bits per heavy atom. The van der Waals surface area contributed by atoms with Gasteiger partial charge in [0.2, 0.25) is 0 Å². The van der Waals surface area contributed by atoms with Gasteiger partial charge in [-0.3, -0.25) is 9.48 Å². The first-order valence-electron chi connectivity index (χ1n) is 8.10. The van der Waals surface area contributed by atoms with E-state index in [1.165, 1.54) is 6.07 Å². The summed E-state index contributed by atoms with van der Waals surface area (Å²) in [4.78, 5) is 14.4. The van der Waals surface area contributed by atoms with Gasteiger partial charge in [-0.25, -0.2) is 8.78 Å². The highest BCUT2D eigenvalue weighted by Crippen LogP contribution is 2.28. The second-order valence-corrected chi connectivity index (χ2v) is 6.96. The van der Waals surface area contributed by atoms with Crippen molar-refractivity contribution in [2.24, 2.45) is 0 Å². The number of halogens is 3. The van der Waals surface area contributed by atoms with E-state index < -0.39 is 11.6 Å². The van der Waals surface area contributed by atoms with E-state index >= 15 is 0 Å². The molecular weight excluding hydrogens is 362 g/mol. The van der Waals surface area contributed by atoms with Crippen LogP contribution in [0, 0.1) is 11.6 Å². The number of aromatic nitrogens is 2. The van der Waals surface area contributed by atoms with Crippen molar-refractivity contribution in [3.63, 3.8) is 0 Å². The Kier molecular flexibility index (Phi) is 7.29. The van der Waals surface area contributed by atoms with Gasteiger partial charge >= 0.3 is 0 Å². The van der Waals surface area contributed by atoms with Gasteiger partial charge in [-0.2, -0.15) is 5.10 Å². The first-order chi connectivity index (χ1) is 11.6.